The van der Waals surface area contributed by atoms with Gasteiger partial charge in [0.2, 0.25) is 0 Å². The second-order valence-electron chi connectivity index (χ2n) is 7.55. The average molecular weight is 537 g/mol. The van der Waals surface area contributed by atoms with Crippen LogP contribution >= 0.6 is 23.2 Å². The number of aliphatic hydroxyl groups excluding tert-OH is 1. The predicted octanol–water partition coefficient (Wildman–Crippen LogP) is 3.51. The number of carbonyl (C=O) groups excluding carboxylic acids is 2. The van der Waals surface area contributed by atoms with Gasteiger partial charge in [-0.15, -0.1) is 0 Å². The van der Waals surface area contributed by atoms with E-state index in [0.717, 1.165) is 0 Å². The highest BCUT2D eigenvalue weighted by Gasteiger charge is 2.32. The van der Waals surface area contributed by atoms with Crippen molar-refractivity contribution in [2.75, 3.05) is 20.3 Å². The molecule has 0 saturated carbocycles. The van der Waals surface area contributed by atoms with Gasteiger partial charge in [-0.25, -0.2) is 9.59 Å². The lowest BCUT2D eigenvalue weighted by Gasteiger charge is -2.28. The van der Waals surface area contributed by atoms with Crippen LogP contribution in [0.25, 0.3) is 0 Å². The first-order valence-electron chi connectivity index (χ1n) is 10.9. The zero-order chi connectivity index (χ0) is 26.2. The van der Waals surface area contributed by atoms with Crippen molar-refractivity contribution in [2.24, 2.45) is 5.10 Å². The van der Waals surface area contributed by atoms with E-state index in [2.05, 4.69) is 21.2 Å². The van der Waals surface area contributed by atoms with Crippen molar-refractivity contribution in [1.29, 1.82) is 0 Å². The van der Waals surface area contributed by atoms with Crippen LogP contribution in [0.4, 0.5) is 4.79 Å². The van der Waals surface area contributed by atoms with E-state index in [9.17, 15) is 14.7 Å². The Hall–Kier alpha value is -3.47. The summed E-state index contributed by atoms with van der Waals surface area (Å²) in [6, 6.07) is 8.82. The number of hydrogen-bond donors (Lipinski definition) is 4. The average Bonchev–Trinajstić information content (AvgIpc) is 2.84. The summed E-state index contributed by atoms with van der Waals surface area (Å²) in [5.41, 5.74) is 4.29. The summed E-state index contributed by atoms with van der Waals surface area (Å²) >= 11 is 12.2. The van der Waals surface area contributed by atoms with Crippen molar-refractivity contribution in [3.8, 4) is 11.5 Å². The number of amides is 2. The smallest absolute Gasteiger partial charge is 0.337 e. The largest absolute Gasteiger partial charge is 0.490 e. The number of hydrogen-bond acceptors (Lipinski definition) is 8. The van der Waals surface area contributed by atoms with E-state index in [0.29, 0.717) is 45.0 Å². The van der Waals surface area contributed by atoms with Gasteiger partial charge >= 0.3 is 12.0 Å². The number of ether oxygens (including phenoxy) is 3. The maximum absolute atomic E-state index is 12.3. The highest BCUT2D eigenvalue weighted by atomic mass is 35.5. The predicted molar refractivity (Wildman–Crippen MR) is 135 cm³/mol. The van der Waals surface area contributed by atoms with Gasteiger partial charge in [0.05, 0.1) is 41.6 Å². The molecule has 2 aromatic carbocycles. The lowest BCUT2D eigenvalue weighted by molar-refractivity contribution is -0.136. The van der Waals surface area contributed by atoms with E-state index in [1.165, 1.54) is 13.3 Å². The van der Waals surface area contributed by atoms with Crippen LogP contribution in [0.2, 0.25) is 10.0 Å². The van der Waals surface area contributed by atoms with E-state index >= 15 is 0 Å². The molecule has 1 aliphatic rings. The Morgan fingerprint density at radius 2 is 1.94 bits per heavy atom. The summed E-state index contributed by atoms with van der Waals surface area (Å²) in [5.74, 6) is 0.138. The standard InChI is InChI=1S/C24H26Cl2N4O6/c1-4-35-19-10-14(22-21(23(32)34-3)13(2)28-24(33)29-22)8-9-18(19)36-12-20(31)30-27-11-15-16(25)6-5-7-17(15)26/h5-11,20,22,30-31H,4,12H2,1-3H3,(H2,28,29,33)/b27-11+/t20-,22+/m0/s1. The van der Waals surface area contributed by atoms with Gasteiger partial charge in [-0.3, -0.25) is 5.43 Å². The first kappa shape index (κ1) is 27.1. The van der Waals surface area contributed by atoms with Crippen LogP contribution in [0, 0.1) is 0 Å². The number of hydrazone groups is 1. The van der Waals surface area contributed by atoms with Crippen molar-refractivity contribution in [3.05, 3.63) is 68.8 Å². The third-order valence-corrected chi connectivity index (χ3v) is 5.75. The van der Waals surface area contributed by atoms with E-state index in [-0.39, 0.29) is 12.2 Å². The van der Waals surface area contributed by atoms with Gasteiger partial charge in [0, 0.05) is 11.3 Å². The van der Waals surface area contributed by atoms with Crippen LogP contribution in [0.5, 0.6) is 11.5 Å². The van der Waals surface area contributed by atoms with E-state index in [1.807, 2.05) is 0 Å². The highest BCUT2D eigenvalue weighted by molar-refractivity contribution is 6.38. The third kappa shape index (κ3) is 6.60. The molecule has 0 radical (unpaired) electrons. The second-order valence-corrected chi connectivity index (χ2v) is 8.36. The number of carbonyl (C=O) groups is 2. The SMILES string of the molecule is CCOc1cc([C@H]2NC(=O)NC(C)=C2C(=O)OC)ccc1OC[C@H](O)N/N=C/c1c(Cl)cccc1Cl. The van der Waals surface area contributed by atoms with Crippen LogP contribution in [0.15, 0.2) is 52.8 Å². The molecule has 10 nitrogen and oxygen atoms in total. The molecule has 0 saturated heterocycles. The molecule has 3 rings (SSSR count). The fraction of sp³-hybridized carbons (Fsp3) is 0.292. The number of rotatable bonds is 10. The molecule has 0 bridgehead atoms. The number of benzene rings is 2. The van der Waals surface area contributed by atoms with E-state index in [4.69, 9.17) is 37.4 Å². The molecule has 2 atom stereocenters. The number of aliphatic hydroxyl groups is 1. The topological polar surface area (TPSA) is 131 Å². The van der Waals surface area contributed by atoms with Crippen molar-refractivity contribution >= 4 is 41.4 Å². The summed E-state index contributed by atoms with van der Waals surface area (Å²) in [6.07, 6.45) is 0.243. The lowest BCUT2D eigenvalue weighted by Crippen LogP contribution is -2.45. The molecule has 0 unspecified atom stereocenters. The molecule has 2 aromatic rings. The molecule has 0 spiro atoms. The van der Waals surface area contributed by atoms with Gasteiger partial charge in [-0.2, -0.15) is 5.10 Å². The number of allylic oxidation sites excluding steroid dienone is 1. The van der Waals surface area contributed by atoms with E-state index < -0.39 is 24.3 Å². The molecule has 0 fully saturated rings. The summed E-state index contributed by atoms with van der Waals surface area (Å²) < 4.78 is 16.3. The Morgan fingerprint density at radius 1 is 1.22 bits per heavy atom. The van der Waals surface area contributed by atoms with Gasteiger partial charge in [0.1, 0.15) is 6.61 Å². The van der Waals surface area contributed by atoms with Crippen LogP contribution in [-0.4, -0.2) is 49.9 Å². The van der Waals surface area contributed by atoms with Gasteiger partial charge in [0.25, 0.3) is 0 Å². The first-order chi connectivity index (χ1) is 17.2. The molecule has 12 heteroatoms. The Balaban J connectivity index is 1.72. The molecule has 192 valence electrons. The number of nitrogens with one attached hydrogen (secondary N) is 3. The maximum atomic E-state index is 12.3. The maximum Gasteiger partial charge on any atom is 0.337 e. The number of halogens is 2. The summed E-state index contributed by atoms with van der Waals surface area (Å²) in [5, 5.41) is 20.3. The molecule has 1 aliphatic heterocycles. The quantitative estimate of drug-likeness (QED) is 0.158. The van der Waals surface area contributed by atoms with Crippen molar-refractivity contribution < 1.29 is 28.9 Å². The third-order valence-electron chi connectivity index (χ3n) is 5.09. The van der Waals surface area contributed by atoms with Crippen LogP contribution < -0.4 is 25.5 Å². The fourth-order valence-corrected chi connectivity index (χ4v) is 3.94. The Morgan fingerprint density at radius 3 is 2.61 bits per heavy atom. The molecular formula is C24H26Cl2N4O6. The van der Waals surface area contributed by atoms with Crippen molar-refractivity contribution in [3.63, 3.8) is 0 Å². The van der Waals surface area contributed by atoms with Gasteiger partial charge in [0.15, 0.2) is 17.7 Å². The molecule has 1 heterocycles. The first-order valence-corrected chi connectivity index (χ1v) is 11.7. The van der Waals surface area contributed by atoms with Gasteiger partial charge in [-0.05, 0) is 43.7 Å². The van der Waals surface area contributed by atoms with Crippen LogP contribution in [0.3, 0.4) is 0 Å². The summed E-state index contributed by atoms with van der Waals surface area (Å²) in [4.78, 5) is 24.4. The number of nitrogens with zero attached hydrogens (tertiary/aromatic N) is 1. The molecule has 4 N–H and O–H groups in total. The zero-order valence-corrected chi connectivity index (χ0v) is 21.3. The Kier molecular flexibility index (Phi) is 9.40. The fourth-order valence-electron chi connectivity index (χ4n) is 3.44. The molecular weight excluding hydrogens is 511 g/mol. The second kappa shape index (κ2) is 12.5. The highest BCUT2D eigenvalue weighted by Crippen LogP contribution is 2.35. The molecule has 0 aliphatic carbocycles. The minimum Gasteiger partial charge on any atom is -0.490 e. The number of urea groups is 1. The van der Waals surface area contributed by atoms with Crippen LogP contribution in [-0.2, 0) is 9.53 Å². The van der Waals surface area contributed by atoms with Crippen molar-refractivity contribution in [1.82, 2.24) is 16.1 Å². The van der Waals surface area contributed by atoms with Crippen molar-refractivity contribution in [2.45, 2.75) is 26.1 Å². The van der Waals surface area contributed by atoms with Crippen LogP contribution in [0.1, 0.15) is 31.0 Å². The lowest BCUT2D eigenvalue weighted by atomic mass is 9.95. The number of esters is 1. The normalized spacial score (nSPS) is 16.3. The van der Waals surface area contributed by atoms with Gasteiger partial charge < -0.3 is 30.0 Å². The molecule has 0 aromatic heterocycles. The number of methoxy groups -OCH3 is 1. The summed E-state index contributed by atoms with van der Waals surface area (Å²) in [6.45, 7) is 3.59. The monoisotopic (exact) mass is 536 g/mol. The minimum absolute atomic E-state index is 0.163. The summed E-state index contributed by atoms with van der Waals surface area (Å²) in [7, 11) is 1.27. The Labute approximate surface area is 218 Å². The Bertz CT molecular complexity index is 1170. The van der Waals surface area contributed by atoms with E-state index in [1.54, 1.807) is 50.2 Å². The van der Waals surface area contributed by atoms with Gasteiger partial charge in [-0.1, -0.05) is 35.3 Å². The zero-order valence-electron chi connectivity index (χ0n) is 19.8. The molecule has 2 amide bonds. The minimum atomic E-state index is -1.16. The molecule has 36 heavy (non-hydrogen) atoms.